The van der Waals surface area contributed by atoms with Crippen LogP contribution in [0, 0.1) is 36.0 Å². The van der Waals surface area contributed by atoms with E-state index in [0.29, 0.717) is 12.3 Å². The monoisotopic (exact) mass is 439 g/mol. The molecule has 4 N–H and O–H groups in total. The van der Waals surface area contributed by atoms with Crippen molar-refractivity contribution >= 4 is 11.7 Å². The third-order valence-corrected chi connectivity index (χ3v) is 5.76. The molecule has 0 heterocycles. The number of carbonyl (C=O) groups is 1. The van der Waals surface area contributed by atoms with E-state index >= 15 is 0 Å². The minimum atomic E-state index is -1.82. The first-order valence-electron chi connectivity index (χ1n) is 10.8. The van der Waals surface area contributed by atoms with Crippen molar-refractivity contribution in [2.45, 2.75) is 91.1 Å². The van der Waals surface area contributed by atoms with Crippen molar-refractivity contribution in [3.05, 3.63) is 12.7 Å². The quantitative estimate of drug-likeness (QED) is 0.0874. The highest BCUT2D eigenvalue weighted by atomic mass is 16.6. The van der Waals surface area contributed by atoms with Gasteiger partial charge in [0.15, 0.2) is 0 Å². The molecular weight excluding hydrogens is 398 g/mol. The number of allylic oxidation sites excluding steroid dienone is 1. The van der Waals surface area contributed by atoms with Crippen LogP contribution in [0.4, 0.5) is 0 Å². The van der Waals surface area contributed by atoms with Gasteiger partial charge in [-0.2, -0.15) is 0 Å². The van der Waals surface area contributed by atoms with Crippen LogP contribution in [0.25, 0.3) is 0 Å². The van der Waals surface area contributed by atoms with E-state index in [4.69, 9.17) is 11.2 Å². The van der Waals surface area contributed by atoms with Gasteiger partial charge in [-0.15, -0.1) is 13.0 Å². The Hall–Kier alpha value is -1.88. The lowest BCUT2D eigenvalue weighted by molar-refractivity contribution is -0.186. The summed E-state index contributed by atoms with van der Waals surface area (Å²) in [6.45, 7) is 15.6. The fourth-order valence-electron chi connectivity index (χ4n) is 3.83. The highest BCUT2D eigenvalue weighted by Gasteiger charge is 2.45. The minimum Gasteiger partial charge on any atom is -0.459 e. The molecule has 0 fully saturated rings. The molecule has 0 aromatic rings. The molecule has 0 bridgehead atoms. The van der Waals surface area contributed by atoms with Gasteiger partial charge in [0, 0.05) is 11.8 Å². The Bertz CT molecular complexity index is 661. The maximum absolute atomic E-state index is 12.5. The highest BCUT2D eigenvalue weighted by molar-refractivity contribution is 5.90. The zero-order chi connectivity index (χ0) is 24.6. The Morgan fingerprint density at radius 2 is 1.81 bits per heavy atom. The average Bonchev–Trinajstić information content (AvgIpc) is 2.69. The molecule has 31 heavy (non-hydrogen) atoms. The van der Waals surface area contributed by atoms with Crippen LogP contribution in [0.2, 0.25) is 0 Å². The average molecular weight is 440 g/mol. The van der Waals surface area contributed by atoms with Gasteiger partial charge in [0.1, 0.15) is 17.3 Å². The molecule has 0 aliphatic carbocycles. The number of aliphatic hydroxyl groups excluding tert-OH is 1. The summed E-state index contributed by atoms with van der Waals surface area (Å²) in [5, 5.41) is 45.2. The number of aliphatic hydroxyl groups is 3. The molecule has 0 aromatic heterocycles. The second-order valence-electron chi connectivity index (χ2n) is 9.31. The number of rotatable bonds is 13. The van der Waals surface area contributed by atoms with Crippen molar-refractivity contribution in [1.82, 2.24) is 0 Å². The largest absolute Gasteiger partial charge is 0.459 e. The lowest BCUT2D eigenvalue weighted by atomic mass is 9.77. The molecular formula is C24H41NO6. The minimum absolute atomic E-state index is 0.0184. The second-order valence-corrected chi connectivity index (χ2v) is 9.31. The lowest BCUT2D eigenvalue weighted by Crippen LogP contribution is -2.55. The summed E-state index contributed by atoms with van der Waals surface area (Å²) in [5.41, 5.74) is -3.19. The normalized spacial score (nSPS) is 21.0. The van der Waals surface area contributed by atoms with Crippen molar-refractivity contribution in [2.24, 2.45) is 28.8 Å². The topological polar surface area (TPSA) is 120 Å². The van der Waals surface area contributed by atoms with E-state index in [0.717, 1.165) is 0 Å². The smallest absolute Gasteiger partial charge is 0.309 e. The second kappa shape index (κ2) is 12.2. The third kappa shape index (κ3) is 8.29. The Morgan fingerprint density at radius 3 is 2.19 bits per heavy atom. The van der Waals surface area contributed by atoms with Gasteiger partial charge < -0.3 is 25.3 Å². The van der Waals surface area contributed by atoms with Crippen LogP contribution in [0.5, 0.6) is 0 Å². The molecule has 0 unspecified atom stereocenters. The van der Waals surface area contributed by atoms with E-state index in [-0.39, 0.29) is 24.5 Å². The molecule has 0 saturated carbocycles. The number of oxime groups is 1. The van der Waals surface area contributed by atoms with Gasteiger partial charge in [-0.3, -0.25) is 4.79 Å². The van der Waals surface area contributed by atoms with Crippen LogP contribution in [-0.4, -0.2) is 55.6 Å². The summed E-state index contributed by atoms with van der Waals surface area (Å²) >= 11 is 0. The molecule has 0 spiro atoms. The zero-order valence-corrected chi connectivity index (χ0v) is 20.0. The van der Waals surface area contributed by atoms with E-state index in [1.807, 2.05) is 13.8 Å². The first-order valence-corrected chi connectivity index (χ1v) is 10.8. The van der Waals surface area contributed by atoms with Gasteiger partial charge >= 0.3 is 5.97 Å². The molecule has 0 aliphatic rings. The predicted molar refractivity (Wildman–Crippen MR) is 122 cm³/mol. The van der Waals surface area contributed by atoms with Gasteiger partial charge in [-0.05, 0) is 39.0 Å². The number of hydrogen-bond donors (Lipinski definition) is 4. The lowest BCUT2D eigenvalue weighted by Gasteiger charge is -2.39. The van der Waals surface area contributed by atoms with Gasteiger partial charge in [0.2, 0.25) is 0 Å². The SMILES string of the molecule is C#C[C@@](C)(O)C[C@@H](C=C)/C(=N\O)[C@H](C)[C@@H](O)[C@](C)(O)[C@@H](CC)OC(=O)[C@H](C)CC(C)C. The number of esters is 1. The summed E-state index contributed by atoms with van der Waals surface area (Å²) < 4.78 is 5.56. The summed E-state index contributed by atoms with van der Waals surface area (Å²) in [6, 6.07) is 0. The zero-order valence-electron chi connectivity index (χ0n) is 20.0. The first kappa shape index (κ1) is 29.1. The van der Waals surface area contributed by atoms with E-state index in [1.54, 1.807) is 20.8 Å². The highest BCUT2D eigenvalue weighted by Crippen LogP contribution is 2.31. The fraction of sp³-hybridized carbons (Fsp3) is 0.750. The molecule has 0 saturated heterocycles. The standard InChI is InChI=1S/C24H41NO6/c1-10-18(14-23(8,28)12-3)20(25-30)17(7)21(26)24(9,29)19(11-2)31-22(27)16(6)13-15(4)5/h3,10,15-19,21,26,28-30H,1,11,13-14H2,2,4-9H3/b25-20-/t16-,17+,18-,19-,21-,23-,24-/m1/s1. The van der Waals surface area contributed by atoms with E-state index in [2.05, 4.69) is 17.7 Å². The molecule has 7 heteroatoms. The first-order chi connectivity index (χ1) is 14.2. The molecule has 178 valence electrons. The molecule has 0 radical (unpaired) electrons. The van der Waals surface area contributed by atoms with E-state index < -0.39 is 41.2 Å². The maximum atomic E-state index is 12.5. The van der Waals surface area contributed by atoms with Crippen LogP contribution in [0.15, 0.2) is 17.8 Å². The summed E-state index contributed by atoms with van der Waals surface area (Å²) in [4.78, 5) is 12.5. The van der Waals surface area contributed by atoms with E-state index in [9.17, 15) is 25.3 Å². The van der Waals surface area contributed by atoms with Gasteiger partial charge in [-0.1, -0.05) is 51.8 Å². The summed E-state index contributed by atoms with van der Waals surface area (Å²) in [6.07, 6.45) is 5.34. The number of terminal acetylenes is 1. The van der Waals surface area contributed by atoms with Crippen LogP contribution in [0.1, 0.15) is 67.7 Å². The summed E-state index contributed by atoms with van der Waals surface area (Å²) in [7, 11) is 0. The molecule has 7 nitrogen and oxygen atoms in total. The maximum Gasteiger partial charge on any atom is 0.309 e. The molecule has 0 rings (SSSR count). The predicted octanol–water partition coefficient (Wildman–Crippen LogP) is 3.15. The number of carbonyl (C=O) groups excluding carboxylic acids is 1. The van der Waals surface area contributed by atoms with Crippen molar-refractivity contribution in [3.8, 4) is 12.3 Å². The Kier molecular flexibility index (Phi) is 11.5. The fourth-order valence-corrected chi connectivity index (χ4v) is 3.83. The Balaban J connectivity index is 5.63. The van der Waals surface area contributed by atoms with Crippen LogP contribution < -0.4 is 0 Å². The number of hydrogen-bond acceptors (Lipinski definition) is 7. The van der Waals surface area contributed by atoms with Crippen molar-refractivity contribution in [1.29, 1.82) is 0 Å². The van der Waals surface area contributed by atoms with Gasteiger partial charge in [0.25, 0.3) is 0 Å². The number of nitrogens with zero attached hydrogens (tertiary/aromatic N) is 1. The molecule has 7 atom stereocenters. The van der Waals surface area contributed by atoms with Crippen molar-refractivity contribution < 1.29 is 30.1 Å². The molecule has 0 aromatic carbocycles. The van der Waals surface area contributed by atoms with Gasteiger partial charge in [-0.25, -0.2) is 0 Å². The Morgan fingerprint density at radius 1 is 1.26 bits per heavy atom. The van der Waals surface area contributed by atoms with E-state index in [1.165, 1.54) is 19.9 Å². The van der Waals surface area contributed by atoms with Crippen molar-refractivity contribution in [3.63, 3.8) is 0 Å². The number of ether oxygens (including phenoxy) is 1. The van der Waals surface area contributed by atoms with Crippen LogP contribution >= 0.6 is 0 Å². The summed E-state index contributed by atoms with van der Waals surface area (Å²) in [5.74, 6) is 0.292. The Labute approximate surface area is 187 Å². The van der Waals surface area contributed by atoms with Crippen molar-refractivity contribution in [2.75, 3.05) is 0 Å². The van der Waals surface area contributed by atoms with Crippen LogP contribution in [-0.2, 0) is 9.53 Å². The molecule has 0 amide bonds. The third-order valence-electron chi connectivity index (χ3n) is 5.76. The van der Waals surface area contributed by atoms with Gasteiger partial charge in [0.05, 0.1) is 17.7 Å². The van der Waals surface area contributed by atoms with Crippen LogP contribution in [0.3, 0.4) is 0 Å². The molecule has 0 aliphatic heterocycles.